The van der Waals surface area contributed by atoms with Crippen LogP contribution in [0, 0.1) is 10.1 Å². The van der Waals surface area contributed by atoms with Gasteiger partial charge in [0.2, 0.25) is 0 Å². The Labute approximate surface area is 122 Å². The molecule has 0 bridgehead atoms. The molecule has 0 atom stereocenters. The van der Waals surface area contributed by atoms with E-state index < -0.39 is 4.92 Å². The molecule has 8 nitrogen and oxygen atoms in total. The summed E-state index contributed by atoms with van der Waals surface area (Å²) in [4.78, 5) is 28.6. The van der Waals surface area contributed by atoms with Crippen molar-refractivity contribution in [3.63, 3.8) is 0 Å². The highest BCUT2D eigenvalue weighted by Crippen LogP contribution is 2.21. The predicted molar refractivity (Wildman–Crippen MR) is 76.4 cm³/mol. The number of aromatic nitrogens is 1. The van der Waals surface area contributed by atoms with Gasteiger partial charge in [-0.3, -0.25) is 14.9 Å². The molecule has 8 heteroatoms. The Morgan fingerprint density at radius 3 is 3.05 bits per heavy atom. The second-order valence-electron chi connectivity index (χ2n) is 4.64. The Hall–Kier alpha value is -2.22. The average Bonchev–Trinajstić information content (AvgIpc) is 2.76. The average molecular weight is 294 g/mol. The van der Waals surface area contributed by atoms with Gasteiger partial charge in [-0.1, -0.05) is 0 Å². The third-order valence-electron chi connectivity index (χ3n) is 3.17. The van der Waals surface area contributed by atoms with Crippen molar-refractivity contribution in [2.75, 3.05) is 38.2 Å². The summed E-state index contributed by atoms with van der Waals surface area (Å²) < 4.78 is 5.32. The first kappa shape index (κ1) is 15.2. The van der Waals surface area contributed by atoms with Crippen LogP contribution in [-0.2, 0) is 4.74 Å². The quantitative estimate of drug-likeness (QED) is 0.663. The Balaban J connectivity index is 2.31. The highest BCUT2D eigenvalue weighted by Gasteiger charge is 2.23. The van der Waals surface area contributed by atoms with Gasteiger partial charge >= 0.3 is 0 Å². The molecule has 1 aliphatic heterocycles. The van der Waals surface area contributed by atoms with E-state index in [4.69, 9.17) is 4.74 Å². The van der Waals surface area contributed by atoms with Crippen LogP contribution in [-0.4, -0.2) is 53.6 Å². The third-order valence-corrected chi connectivity index (χ3v) is 3.17. The lowest BCUT2D eigenvalue weighted by atomic mass is 10.2. The maximum atomic E-state index is 12.6. The summed E-state index contributed by atoms with van der Waals surface area (Å²) in [6, 6.07) is 1.28. The van der Waals surface area contributed by atoms with Crippen molar-refractivity contribution >= 4 is 17.4 Å². The van der Waals surface area contributed by atoms with Crippen LogP contribution in [0.2, 0.25) is 0 Å². The van der Waals surface area contributed by atoms with E-state index in [2.05, 4.69) is 10.3 Å². The lowest BCUT2D eigenvalue weighted by molar-refractivity contribution is -0.385. The molecule has 0 aromatic carbocycles. The number of ether oxygens (including phenoxy) is 1. The van der Waals surface area contributed by atoms with E-state index in [0.29, 0.717) is 38.7 Å². The zero-order valence-corrected chi connectivity index (χ0v) is 11.9. The first-order valence-electron chi connectivity index (χ1n) is 6.88. The van der Waals surface area contributed by atoms with E-state index in [1.807, 2.05) is 6.92 Å². The van der Waals surface area contributed by atoms with Crippen LogP contribution < -0.4 is 5.32 Å². The zero-order chi connectivity index (χ0) is 15.2. The van der Waals surface area contributed by atoms with Gasteiger partial charge < -0.3 is 15.0 Å². The number of hydrogen-bond donors (Lipinski definition) is 1. The summed E-state index contributed by atoms with van der Waals surface area (Å²) >= 11 is 0. The smallest absolute Gasteiger partial charge is 0.288 e. The molecular weight excluding hydrogens is 276 g/mol. The second kappa shape index (κ2) is 6.98. The molecule has 1 aromatic rings. The predicted octanol–water partition coefficient (Wildman–Crippen LogP) is 1.28. The van der Waals surface area contributed by atoms with Crippen LogP contribution in [0.1, 0.15) is 23.7 Å². The van der Waals surface area contributed by atoms with Gasteiger partial charge in [-0.2, -0.15) is 0 Å². The maximum Gasteiger partial charge on any atom is 0.288 e. The SMILES string of the molecule is CCNc1ncc([N+](=O)[O-])cc1C(=O)N1CCCOCC1. The highest BCUT2D eigenvalue weighted by atomic mass is 16.6. The number of hydrogen-bond acceptors (Lipinski definition) is 6. The monoisotopic (exact) mass is 294 g/mol. The number of nitrogens with zero attached hydrogens (tertiary/aromatic N) is 3. The van der Waals surface area contributed by atoms with Crippen molar-refractivity contribution in [2.24, 2.45) is 0 Å². The van der Waals surface area contributed by atoms with Crippen LogP contribution in [0.5, 0.6) is 0 Å². The molecule has 1 fully saturated rings. The normalized spacial score (nSPS) is 15.4. The number of rotatable bonds is 4. The topological polar surface area (TPSA) is 97.6 Å². The van der Waals surface area contributed by atoms with E-state index in [1.165, 1.54) is 6.07 Å². The van der Waals surface area contributed by atoms with E-state index in [1.54, 1.807) is 4.90 Å². The van der Waals surface area contributed by atoms with Crippen LogP contribution in [0.4, 0.5) is 11.5 Å². The second-order valence-corrected chi connectivity index (χ2v) is 4.64. The molecule has 0 saturated carbocycles. The number of nitrogens with one attached hydrogen (secondary N) is 1. The minimum Gasteiger partial charge on any atom is -0.380 e. The first-order valence-corrected chi connectivity index (χ1v) is 6.88. The Morgan fingerprint density at radius 1 is 1.52 bits per heavy atom. The van der Waals surface area contributed by atoms with Crippen molar-refractivity contribution in [1.82, 2.24) is 9.88 Å². The molecule has 21 heavy (non-hydrogen) atoms. The van der Waals surface area contributed by atoms with Crippen molar-refractivity contribution in [1.29, 1.82) is 0 Å². The van der Waals surface area contributed by atoms with E-state index in [-0.39, 0.29) is 17.2 Å². The molecule has 1 saturated heterocycles. The van der Waals surface area contributed by atoms with Gasteiger partial charge in [0.25, 0.3) is 11.6 Å². The summed E-state index contributed by atoms with van der Waals surface area (Å²) in [6.07, 6.45) is 1.91. The third kappa shape index (κ3) is 3.66. The fraction of sp³-hybridized carbons (Fsp3) is 0.538. The maximum absolute atomic E-state index is 12.6. The summed E-state index contributed by atoms with van der Waals surface area (Å²) in [5.74, 6) is 0.117. The molecule has 1 aromatic heterocycles. The standard InChI is InChI=1S/C13H18N4O4/c1-2-14-12-11(8-10(9-15-12)17(19)20)13(18)16-4-3-6-21-7-5-16/h8-9H,2-7H2,1H3,(H,14,15). The van der Waals surface area contributed by atoms with E-state index >= 15 is 0 Å². The summed E-state index contributed by atoms with van der Waals surface area (Å²) in [6.45, 7) is 4.60. The van der Waals surface area contributed by atoms with Gasteiger partial charge in [0, 0.05) is 32.3 Å². The number of carbonyl (C=O) groups excluding carboxylic acids is 1. The lowest BCUT2D eigenvalue weighted by Crippen LogP contribution is -2.33. The van der Waals surface area contributed by atoms with Crippen molar-refractivity contribution in [3.05, 3.63) is 27.9 Å². The van der Waals surface area contributed by atoms with Crippen molar-refractivity contribution in [2.45, 2.75) is 13.3 Å². The van der Waals surface area contributed by atoms with Crippen LogP contribution in [0.25, 0.3) is 0 Å². The molecule has 2 rings (SSSR count). The molecular formula is C13H18N4O4. The van der Waals surface area contributed by atoms with Gasteiger partial charge in [-0.05, 0) is 13.3 Å². The minimum atomic E-state index is -0.551. The molecule has 0 unspecified atom stereocenters. The summed E-state index contributed by atoms with van der Waals surface area (Å²) in [5.41, 5.74) is 0.0408. The molecule has 0 radical (unpaired) electrons. The first-order chi connectivity index (χ1) is 10.1. The lowest BCUT2D eigenvalue weighted by Gasteiger charge is -2.20. The van der Waals surface area contributed by atoms with Crippen molar-refractivity contribution in [3.8, 4) is 0 Å². The molecule has 1 amide bonds. The van der Waals surface area contributed by atoms with Gasteiger partial charge in [0.05, 0.1) is 17.1 Å². The number of carbonyl (C=O) groups is 1. The van der Waals surface area contributed by atoms with Crippen LogP contribution in [0.15, 0.2) is 12.3 Å². The number of amides is 1. The van der Waals surface area contributed by atoms with Crippen molar-refractivity contribution < 1.29 is 14.5 Å². The van der Waals surface area contributed by atoms with Crippen LogP contribution in [0.3, 0.4) is 0 Å². The molecule has 1 aliphatic rings. The van der Waals surface area contributed by atoms with E-state index in [9.17, 15) is 14.9 Å². The Bertz CT molecular complexity index is 527. The van der Waals surface area contributed by atoms with Gasteiger partial charge in [-0.25, -0.2) is 4.98 Å². The molecule has 114 valence electrons. The Morgan fingerprint density at radius 2 is 2.33 bits per heavy atom. The number of pyridine rings is 1. The fourth-order valence-corrected chi connectivity index (χ4v) is 2.14. The molecule has 2 heterocycles. The van der Waals surface area contributed by atoms with Gasteiger partial charge in [0.15, 0.2) is 0 Å². The molecule has 0 aliphatic carbocycles. The van der Waals surface area contributed by atoms with Crippen LogP contribution >= 0.6 is 0 Å². The van der Waals surface area contributed by atoms with Gasteiger partial charge in [0.1, 0.15) is 12.0 Å². The Kier molecular flexibility index (Phi) is 5.04. The zero-order valence-electron chi connectivity index (χ0n) is 11.9. The minimum absolute atomic E-state index is 0.189. The summed E-state index contributed by atoms with van der Waals surface area (Å²) in [7, 11) is 0. The highest BCUT2D eigenvalue weighted by molar-refractivity contribution is 5.99. The largest absolute Gasteiger partial charge is 0.380 e. The summed E-state index contributed by atoms with van der Waals surface area (Å²) in [5, 5.41) is 13.8. The molecule has 1 N–H and O–H groups in total. The van der Waals surface area contributed by atoms with Gasteiger partial charge in [-0.15, -0.1) is 0 Å². The number of nitro groups is 1. The molecule has 0 spiro atoms. The van der Waals surface area contributed by atoms with E-state index in [0.717, 1.165) is 12.6 Å². The number of anilines is 1. The fourth-order valence-electron chi connectivity index (χ4n) is 2.14.